The highest BCUT2D eigenvalue weighted by atomic mass is 35.5. The van der Waals surface area contributed by atoms with Gasteiger partial charge in [0.25, 0.3) is 10.0 Å². The summed E-state index contributed by atoms with van der Waals surface area (Å²) in [6.45, 7) is 0.0696. The molecule has 1 aliphatic rings. The van der Waals surface area contributed by atoms with E-state index in [0.717, 1.165) is 34.1 Å². The zero-order valence-electron chi connectivity index (χ0n) is 11.9. The van der Waals surface area contributed by atoms with Crippen molar-refractivity contribution in [2.75, 3.05) is 6.54 Å². The molecule has 1 heterocycles. The second kappa shape index (κ2) is 5.94. The van der Waals surface area contributed by atoms with Gasteiger partial charge in [-0.25, -0.2) is 17.1 Å². The summed E-state index contributed by atoms with van der Waals surface area (Å²) in [5.41, 5.74) is 0.861. The Hall–Kier alpha value is -1.92. The maximum absolute atomic E-state index is 13.0. The van der Waals surface area contributed by atoms with Crippen molar-refractivity contribution in [2.24, 2.45) is 0 Å². The smallest absolute Gasteiger partial charge is 0.266 e. The van der Waals surface area contributed by atoms with Gasteiger partial charge < -0.3 is 0 Å². The average molecular weight is 354 g/mol. The molecule has 2 aromatic carbocycles. The van der Waals surface area contributed by atoms with Crippen molar-refractivity contribution in [1.82, 2.24) is 4.31 Å². The lowest BCUT2D eigenvalue weighted by Crippen LogP contribution is -2.32. The van der Waals surface area contributed by atoms with Crippen molar-refractivity contribution in [3.05, 3.63) is 64.9 Å². The van der Waals surface area contributed by atoms with E-state index in [2.05, 4.69) is 0 Å². The highest BCUT2D eigenvalue weighted by molar-refractivity contribution is 7.89. The molecule has 0 unspecified atom stereocenters. The normalized spacial score (nSPS) is 18.4. The number of hydrogen-bond donors (Lipinski definition) is 0. The van der Waals surface area contributed by atoms with Crippen LogP contribution in [0.4, 0.5) is 4.39 Å². The van der Waals surface area contributed by atoms with Crippen LogP contribution in [-0.4, -0.2) is 25.2 Å². The first-order chi connectivity index (χ1) is 10.9. The summed E-state index contributed by atoms with van der Waals surface area (Å²) in [4.78, 5) is 12.1. The first-order valence-electron chi connectivity index (χ1n) is 6.94. The third-order valence-corrected chi connectivity index (χ3v) is 5.88. The van der Waals surface area contributed by atoms with Crippen LogP contribution in [0.2, 0.25) is 5.02 Å². The highest BCUT2D eigenvalue weighted by Gasteiger charge is 2.38. The summed E-state index contributed by atoms with van der Waals surface area (Å²) in [5, 5.41) is 0.578. The van der Waals surface area contributed by atoms with E-state index in [9.17, 15) is 17.6 Å². The minimum Gasteiger partial charge on any atom is -0.274 e. The Balaban J connectivity index is 1.87. The lowest BCUT2D eigenvalue weighted by atomic mass is 9.99. The number of halogens is 2. The van der Waals surface area contributed by atoms with Crippen LogP contribution in [0.25, 0.3) is 0 Å². The Morgan fingerprint density at radius 3 is 2.26 bits per heavy atom. The third-order valence-electron chi connectivity index (χ3n) is 3.83. The predicted octanol–water partition coefficient (Wildman–Crippen LogP) is 3.18. The lowest BCUT2D eigenvalue weighted by molar-refractivity contribution is -0.123. The first kappa shape index (κ1) is 16.0. The molecule has 120 valence electrons. The van der Waals surface area contributed by atoms with E-state index in [1.165, 1.54) is 0 Å². The molecule has 0 N–H and O–H groups in total. The molecule has 0 radical (unpaired) electrons. The van der Waals surface area contributed by atoms with Gasteiger partial charge >= 0.3 is 0 Å². The summed E-state index contributed by atoms with van der Waals surface area (Å²) in [6, 6.07) is 11.4. The van der Waals surface area contributed by atoms with Crippen molar-refractivity contribution in [3.63, 3.8) is 0 Å². The van der Waals surface area contributed by atoms with Gasteiger partial charge in [0.05, 0.1) is 4.90 Å². The van der Waals surface area contributed by atoms with E-state index in [0.29, 0.717) is 5.02 Å². The molecule has 3 rings (SSSR count). The van der Waals surface area contributed by atoms with Crippen molar-refractivity contribution in [1.29, 1.82) is 0 Å². The van der Waals surface area contributed by atoms with Crippen LogP contribution in [0.1, 0.15) is 17.9 Å². The zero-order valence-corrected chi connectivity index (χ0v) is 13.5. The molecule has 23 heavy (non-hydrogen) atoms. The molecular weight excluding hydrogens is 341 g/mol. The number of hydrogen-bond acceptors (Lipinski definition) is 3. The topological polar surface area (TPSA) is 54.5 Å². The number of benzene rings is 2. The van der Waals surface area contributed by atoms with Gasteiger partial charge in [-0.3, -0.25) is 4.79 Å². The van der Waals surface area contributed by atoms with Crippen molar-refractivity contribution in [3.8, 4) is 0 Å². The third kappa shape index (κ3) is 3.09. The fraction of sp³-hybridized carbons (Fsp3) is 0.188. The van der Waals surface area contributed by atoms with E-state index in [-0.39, 0.29) is 23.8 Å². The van der Waals surface area contributed by atoms with Crippen molar-refractivity contribution in [2.45, 2.75) is 17.2 Å². The van der Waals surface area contributed by atoms with Gasteiger partial charge in [-0.1, -0.05) is 23.7 Å². The highest BCUT2D eigenvalue weighted by Crippen LogP contribution is 2.32. The summed E-state index contributed by atoms with van der Waals surface area (Å²) >= 11 is 5.84. The average Bonchev–Trinajstić information content (AvgIpc) is 2.91. The molecule has 7 heteroatoms. The maximum atomic E-state index is 13.0. The molecule has 1 atom stereocenters. The van der Waals surface area contributed by atoms with E-state index in [1.807, 2.05) is 0 Å². The molecule has 1 aliphatic heterocycles. The fourth-order valence-corrected chi connectivity index (χ4v) is 4.18. The minimum atomic E-state index is -3.96. The summed E-state index contributed by atoms with van der Waals surface area (Å²) in [7, 11) is -3.96. The Labute approximate surface area is 138 Å². The van der Waals surface area contributed by atoms with Gasteiger partial charge in [-0.15, -0.1) is 0 Å². The van der Waals surface area contributed by atoms with Gasteiger partial charge in [-0.2, -0.15) is 0 Å². The van der Waals surface area contributed by atoms with Gasteiger partial charge in [0.15, 0.2) is 0 Å². The number of carbonyl (C=O) groups is 1. The quantitative estimate of drug-likeness (QED) is 0.851. The fourth-order valence-electron chi connectivity index (χ4n) is 2.60. The largest absolute Gasteiger partial charge is 0.274 e. The number of sulfonamides is 1. The van der Waals surface area contributed by atoms with Crippen molar-refractivity contribution >= 4 is 27.5 Å². The molecule has 1 fully saturated rings. The van der Waals surface area contributed by atoms with Gasteiger partial charge in [0, 0.05) is 23.9 Å². The summed E-state index contributed by atoms with van der Waals surface area (Å²) in [6.07, 6.45) is 0.113. The Morgan fingerprint density at radius 1 is 1.04 bits per heavy atom. The van der Waals surface area contributed by atoms with E-state index in [4.69, 9.17) is 11.6 Å². The molecule has 0 bridgehead atoms. The van der Waals surface area contributed by atoms with Gasteiger partial charge in [0.1, 0.15) is 5.82 Å². The maximum Gasteiger partial charge on any atom is 0.266 e. The number of carbonyl (C=O) groups excluding carboxylic acids is 1. The Kier molecular flexibility index (Phi) is 4.12. The van der Waals surface area contributed by atoms with Crippen LogP contribution in [0, 0.1) is 5.82 Å². The molecular formula is C16H13ClFNO3S. The van der Waals surface area contributed by atoms with Crippen LogP contribution in [0.3, 0.4) is 0 Å². The van der Waals surface area contributed by atoms with Crippen LogP contribution in [0.5, 0.6) is 0 Å². The molecule has 0 aliphatic carbocycles. The van der Waals surface area contributed by atoms with Crippen LogP contribution < -0.4 is 0 Å². The SMILES string of the molecule is O=C1C[C@H](c2ccc(Cl)cc2)CN1S(=O)(=O)c1ccc(F)cc1. The minimum absolute atomic E-state index is 0.0696. The van der Waals surface area contributed by atoms with E-state index >= 15 is 0 Å². The molecule has 1 amide bonds. The number of rotatable bonds is 3. The van der Waals surface area contributed by atoms with E-state index in [1.54, 1.807) is 24.3 Å². The molecule has 1 saturated heterocycles. The first-order valence-corrected chi connectivity index (χ1v) is 8.76. The Morgan fingerprint density at radius 2 is 1.65 bits per heavy atom. The summed E-state index contributed by atoms with van der Waals surface area (Å²) in [5.74, 6) is -1.21. The van der Waals surface area contributed by atoms with Crippen LogP contribution in [0.15, 0.2) is 53.4 Å². The number of amides is 1. The van der Waals surface area contributed by atoms with Crippen LogP contribution in [-0.2, 0) is 14.8 Å². The molecule has 4 nitrogen and oxygen atoms in total. The second-order valence-electron chi connectivity index (χ2n) is 5.34. The zero-order chi connectivity index (χ0) is 16.6. The van der Waals surface area contributed by atoms with Gasteiger partial charge in [-0.05, 0) is 42.0 Å². The molecule has 2 aromatic rings. The molecule has 0 aromatic heterocycles. The lowest BCUT2D eigenvalue weighted by Gasteiger charge is -2.17. The van der Waals surface area contributed by atoms with Crippen LogP contribution >= 0.6 is 11.6 Å². The monoisotopic (exact) mass is 353 g/mol. The molecule has 0 saturated carbocycles. The second-order valence-corrected chi connectivity index (χ2v) is 7.64. The standard InChI is InChI=1S/C16H13ClFNO3S/c17-13-3-1-11(2-4-13)12-9-16(20)19(10-12)23(21,22)15-7-5-14(18)6-8-15/h1-8,12H,9-10H2/t12-/m0/s1. The summed E-state index contributed by atoms with van der Waals surface area (Å²) < 4.78 is 38.9. The van der Waals surface area contributed by atoms with E-state index < -0.39 is 21.7 Å². The predicted molar refractivity (Wildman–Crippen MR) is 84.1 cm³/mol. The Bertz CT molecular complexity index is 835. The molecule has 0 spiro atoms. The van der Waals surface area contributed by atoms with Crippen molar-refractivity contribution < 1.29 is 17.6 Å². The van der Waals surface area contributed by atoms with Gasteiger partial charge in [0.2, 0.25) is 5.91 Å². The number of nitrogens with zero attached hydrogens (tertiary/aromatic N) is 1.